The van der Waals surface area contributed by atoms with Gasteiger partial charge in [0, 0.05) is 27.2 Å². The molecule has 0 aromatic rings. The summed E-state index contributed by atoms with van der Waals surface area (Å²) in [6.45, 7) is 2.70. The molecule has 0 heterocycles. The van der Waals surface area contributed by atoms with E-state index >= 15 is 0 Å². The first-order valence-electron chi connectivity index (χ1n) is 5.92. The summed E-state index contributed by atoms with van der Waals surface area (Å²) in [4.78, 5) is 24.6. The Labute approximate surface area is 113 Å². The van der Waals surface area contributed by atoms with E-state index in [-0.39, 0.29) is 16.9 Å². The van der Waals surface area contributed by atoms with Crippen LogP contribution in [-0.2, 0) is 4.79 Å². The van der Waals surface area contributed by atoms with Crippen LogP contribution in [0.2, 0.25) is 0 Å². The summed E-state index contributed by atoms with van der Waals surface area (Å²) in [6.07, 6.45) is 1.48. The van der Waals surface area contributed by atoms with Gasteiger partial charge in [-0.15, -0.1) is 0 Å². The number of nitrogens with one attached hydrogen (secondary N) is 2. The first-order valence-corrected chi connectivity index (χ1v) is 6.33. The van der Waals surface area contributed by atoms with Crippen molar-refractivity contribution in [2.24, 2.45) is 11.7 Å². The highest BCUT2D eigenvalue weighted by molar-refractivity contribution is 7.80. The molecular formula is C11H22N4O2S. The minimum absolute atomic E-state index is 0.177. The molecule has 18 heavy (non-hydrogen) atoms. The first kappa shape index (κ1) is 16.6. The molecule has 1 atom stereocenters. The fraction of sp³-hybridized carbons (Fsp3) is 0.727. The van der Waals surface area contributed by atoms with Crippen molar-refractivity contribution in [3.8, 4) is 0 Å². The minimum atomic E-state index is -0.422. The highest BCUT2D eigenvalue weighted by Crippen LogP contribution is 2.06. The fourth-order valence-electron chi connectivity index (χ4n) is 1.33. The third-order valence-corrected chi connectivity index (χ3v) is 2.63. The zero-order valence-corrected chi connectivity index (χ0v) is 12.0. The molecule has 0 spiro atoms. The van der Waals surface area contributed by atoms with E-state index < -0.39 is 5.92 Å². The van der Waals surface area contributed by atoms with Gasteiger partial charge in [0.15, 0.2) is 0 Å². The number of carbonyl (C=O) groups is 2. The van der Waals surface area contributed by atoms with Crippen LogP contribution < -0.4 is 16.4 Å². The Kier molecular flexibility index (Phi) is 8.02. The normalized spacial score (nSPS) is 11.5. The molecule has 7 heteroatoms. The lowest BCUT2D eigenvalue weighted by Crippen LogP contribution is -2.43. The topological polar surface area (TPSA) is 87.5 Å². The van der Waals surface area contributed by atoms with Gasteiger partial charge in [-0.25, -0.2) is 4.79 Å². The van der Waals surface area contributed by atoms with Crippen LogP contribution in [0.3, 0.4) is 0 Å². The smallest absolute Gasteiger partial charge is 0.316 e. The molecule has 0 aliphatic heterocycles. The van der Waals surface area contributed by atoms with Gasteiger partial charge >= 0.3 is 6.03 Å². The van der Waals surface area contributed by atoms with Crippen molar-refractivity contribution < 1.29 is 9.59 Å². The van der Waals surface area contributed by atoms with Crippen LogP contribution in [0.25, 0.3) is 0 Å². The maximum absolute atomic E-state index is 11.8. The highest BCUT2D eigenvalue weighted by Gasteiger charge is 2.19. The van der Waals surface area contributed by atoms with Crippen molar-refractivity contribution in [2.45, 2.75) is 19.8 Å². The number of rotatable bonds is 7. The molecule has 0 saturated heterocycles. The Balaban J connectivity index is 3.95. The minimum Gasteiger partial charge on any atom is -0.393 e. The molecule has 0 fully saturated rings. The van der Waals surface area contributed by atoms with Crippen molar-refractivity contribution in [2.75, 3.05) is 27.2 Å². The van der Waals surface area contributed by atoms with Gasteiger partial charge < -0.3 is 21.3 Å². The summed E-state index contributed by atoms with van der Waals surface area (Å²) in [5, 5.41) is 5.35. The molecule has 0 aliphatic rings. The number of urea groups is 1. The summed E-state index contributed by atoms with van der Waals surface area (Å²) in [7, 11) is 3.30. The summed E-state index contributed by atoms with van der Waals surface area (Å²) in [5.74, 6) is -0.599. The number of carbonyl (C=O) groups excluding carboxylic acids is 2. The van der Waals surface area contributed by atoms with Gasteiger partial charge in [-0.05, 0) is 6.42 Å². The number of hydrogen-bond acceptors (Lipinski definition) is 3. The molecule has 0 aromatic carbocycles. The number of thiocarbonyl (C=S) groups is 1. The van der Waals surface area contributed by atoms with E-state index in [0.717, 1.165) is 6.42 Å². The lowest BCUT2D eigenvalue weighted by molar-refractivity contribution is -0.123. The predicted molar refractivity (Wildman–Crippen MR) is 75.3 cm³/mol. The Bertz CT molecular complexity index is 307. The third kappa shape index (κ3) is 6.39. The van der Waals surface area contributed by atoms with Crippen LogP contribution in [0.1, 0.15) is 19.8 Å². The summed E-state index contributed by atoms with van der Waals surface area (Å²) in [6, 6.07) is -0.191. The number of hydrogen-bond donors (Lipinski definition) is 3. The van der Waals surface area contributed by atoms with Gasteiger partial charge in [0.1, 0.15) is 0 Å². The van der Waals surface area contributed by atoms with Crippen molar-refractivity contribution in [1.29, 1.82) is 0 Å². The van der Waals surface area contributed by atoms with Crippen molar-refractivity contribution >= 4 is 29.1 Å². The van der Waals surface area contributed by atoms with Crippen molar-refractivity contribution in [3.63, 3.8) is 0 Å². The molecule has 0 radical (unpaired) electrons. The van der Waals surface area contributed by atoms with E-state index in [9.17, 15) is 9.59 Å². The summed E-state index contributed by atoms with van der Waals surface area (Å²) >= 11 is 4.85. The fourth-order valence-corrected chi connectivity index (χ4v) is 1.55. The van der Waals surface area contributed by atoms with Crippen LogP contribution in [-0.4, -0.2) is 49.0 Å². The summed E-state index contributed by atoms with van der Waals surface area (Å²) in [5.41, 5.74) is 5.51. The van der Waals surface area contributed by atoms with Crippen molar-refractivity contribution in [1.82, 2.24) is 15.5 Å². The third-order valence-electron chi connectivity index (χ3n) is 2.34. The number of nitrogens with two attached hydrogens (primary N) is 1. The van der Waals surface area contributed by atoms with E-state index in [4.69, 9.17) is 18.0 Å². The predicted octanol–water partition coefficient (Wildman–Crippen LogP) is 0.0762. The van der Waals surface area contributed by atoms with Crippen LogP contribution in [0.5, 0.6) is 0 Å². The first-order chi connectivity index (χ1) is 8.40. The lowest BCUT2D eigenvalue weighted by atomic mass is 10.0. The molecule has 0 rings (SSSR count). The quantitative estimate of drug-likeness (QED) is 0.453. The maximum atomic E-state index is 11.8. The zero-order chi connectivity index (χ0) is 14.1. The van der Waals surface area contributed by atoms with Gasteiger partial charge in [0.25, 0.3) is 0 Å². The monoisotopic (exact) mass is 274 g/mol. The average Bonchev–Trinajstić information content (AvgIpc) is 2.30. The van der Waals surface area contributed by atoms with Gasteiger partial charge in [0.05, 0.1) is 10.9 Å². The molecule has 3 amide bonds. The highest BCUT2D eigenvalue weighted by atomic mass is 32.1. The standard InChI is InChI=1S/C11H22N4O2S/c1-4-5-8(9(12)18)10(16)13-6-7-14-11(17)15(2)3/h8H,4-7H2,1-3H3,(H2,12,18)(H,13,16)(H,14,17). The zero-order valence-electron chi connectivity index (χ0n) is 11.2. The Morgan fingerprint density at radius 1 is 1.28 bits per heavy atom. The number of nitrogens with zero attached hydrogens (tertiary/aromatic N) is 1. The van der Waals surface area contributed by atoms with E-state index in [0.29, 0.717) is 19.5 Å². The second-order valence-corrected chi connectivity index (χ2v) is 4.63. The molecule has 0 aliphatic carbocycles. The molecule has 4 N–H and O–H groups in total. The van der Waals surface area contributed by atoms with Gasteiger partial charge in [0.2, 0.25) is 5.91 Å². The molecule has 6 nitrogen and oxygen atoms in total. The average molecular weight is 274 g/mol. The van der Waals surface area contributed by atoms with Gasteiger partial charge in [-0.1, -0.05) is 25.6 Å². The van der Waals surface area contributed by atoms with Gasteiger partial charge in [-0.2, -0.15) is 0 Å². The van der Waals surface area contributed by atoms with E-state index in [1.165, 1.54) is 4.90 Å². The second-order valence-electron chi connectivity index (χ2n) is 4.16. The van der Waals surface area contributed by atoms with E-state index in [1.54, 1.807) is 14.1 Å². The van der Waals surface area contributed by atoms with Crippen molar-refractivity contribution in [3.05, 3.63) is 0 Å². The Hall–Kier alpha value is -1.37. The molecule has 1 unspecified atom stereocenters. The molecule has 104 valence electrons. The SMILES string of the molecule is CCCC(C(=O)NCCNC(=O)N(C)C)C(N)=S. The number of amides is 3. The van der Waals surface area contributed by atoms with Gasteiger partial charge in [-0.3, -0.25) is 4.79 Å². The Morgan fingerprint density at radius 3 is 2.28 bits per heavy atom. The van der Waals surface area contributed by atoms with Crippen LogP contribution >= 0.6 is 12.2 Å². The lowest BCUT2D eigenvalue weighted by Gasteiger charge is -2.15. The van der Waals surface area contributed by atoms with Crippen LogP contribution in [0.4, 0.5) is 4.79 Å². The maximum Gasteiger partial charge on any atom is 0.316 e. The second kappa shape index (κ2) is 8.68. The summed E-state index contributed by atoms with van der Waals surface area (Å²) < 4.78 is 0. The molecule has 0 bridgehead atoms. The van der Waals surface area contributed by atoms with Crippen LogP contribution in [0, 0.1) is 5.92 Å². The molecule has 0 saturated carbocycles. The van der Waals surface area contributed by atoms with E-state index in [1.807, 2.05) is 6.92 Å². The van der Waals surface area contributed by atoms with Crippen LogP contribution in [0.15, 0.2) is 0 Å². The molecular weight excluding hydrogens is 252 g/mol. The van der Waals surface area contributed by atoms with E-state index in [2.05, 4.69) is 10.6 Å². The molecule has 0 aromatic heterocycles. The largest absolute Gasteiger partial charge is 0.393 e. The Morgan fingerprint density at radius 2 is 1.83 bits per heavy atom.